The Labute approximate surface area is 155 Å². The number of nitrogens with zero attached hydrogens (tertiary/aromatic N) is 1. The Balaban J connectivity index is 1.57. The molecule has 4 rings (SSSR count). The van der Waals surface area contributed by atoms with Gasteiger partial charge in [0, 0.05) is 29.9 Å². The van der Waals surface area contributed by atoms with Crippen molar-refractivity contribution in [1.82, 2.24) is 10.3 Å². The van der Waals surface area contributed by atoms with Gasteiger partial charge in [-0.1, -0.05) is 11.6 Å². The van der Waals surface area contributed by atoms with E-state index < -0.39 is 0 Å². The third-order valence-electron chi connectivity index (χ3n) is 4.30. The molecule has 2 N–H and O–H groups in total. The summed E-state index contributed by atoms with van der Waals surface area (Å²) in [6.07, 6.45) is 3.66. The number of hydrogen-bond donors (Lipinski definition) is 2. The van der Waals surface area contributed by atoms with Crippen molar-refractivity contribution in [3.8, 4) is 0 Å². The molecule has 6 nitrogen and oxygen atoms in total. The van der Waals surface area contributed by atoms with Crippen LogP contribution in [0.4, 0.5) is 11.5 Å². The molecule has 1 aliphatic heterocycles. The minimum atomic E-state index is -0.252. The zero-order chi connectivity index (χ0) is 17.9. The van der Waals surface area contributed by atoms with Crippen LogP contribution in [0, 0.1) is 0 Å². The summed E-state index contributed by atoms with van der Waals surface area (Å²) in [6, 6.07) is 10.7. The number of fused-ring (bicyclic) bond motifs is 1. The zero-order valence-electron chi connectivity index (χ0n) is 14.0. The number of rotatable bonds is 5. The molecule has 0 spiro atoms. The summed E-state index contributed by atoms with van der Waals surface area (Å²) >= 11 is 5.93. The van der Waals surface area contributed by atoms with E-state index in [-0.39, 0.29) is 12.0 Å². The summed E-state index contributed by atoms with van der Waals surface area (Å²) in [5, 5.41) is 7.55. The summed E-state index contributed by atoms with van der Waals surface area (Å²) in [4.78, 5) is 17.0. The number of nitrogens with one attached hydrogen (secondary N) is 2. The molecule has 0 radical (unpaired) electrons. The monoisotopic (exact) mass is 371 g/mol. The van der Waals surface area contributed by atoms with Gasteiger partial charge in [-0.15, -0.1) is 0 Å². The first-order valence-corrected chi connectivity index (χ1v) is 8.87. The Bertz CT molecular complexity index is 917. The van der Waals surface area contributed by atoms with Gasteiger partial charge in [-0.05, 0) is 43.2 Å². The number of amides is 1. The molecule has 3 heterocycles. The highest BCUT2D eigenvalue weighted by molar-refractivity contribution is 6.30. The van der Waals surface area contributed by atoms with E-state index in [1.807, 2.05) is 18.2 Å². The summed E-state index contributed by atoms with van der Waals surface area (Å²) < 4.78 is 11.0. The van der Waals surface area contributed by atoms with E-state index in [1.54, 1.807) is 24.5 Å². The lowest BCUT2D eigenvalue weighted by molar-refractivity contribution is 0.0854. The molecule has 26 heavy (non-hydrogen) atoms. The maximum atomic E-state index is 12.5. The van der Waals surface area contributed by atoms with Gasteiger partial charge in [0.05, 0.1) is 17.8 Å². The van der Waals surface area contributed by atoms with Crippen LogP contribution >= 0.6 is 11.6 Å². The Hall–Kier alpha value is -2.57. The summed E-state index contributed by atoms with van der Waals surface area (Å²) in [5.74, 6) is 0.304. The first-order valence-electron chi connectivity index (χ1n) is 8.50. The van der Waals surface area contributed by atoms with Gasteiger partial charge in [0.2, 0.25) is 0 Å². The van der Waals surface area contributed by atoms with E-state index in [1.165, 1.54) is 0 Å². The van der Waals surface area contributed by atoms with Gasteiger partial charge >= 0.3 is 0 Å². The molecule has 0 saturated carbocycles. The predicted octanol–water partition coefficient (Wildman–Crippen LogP) is 4.13. The first-order chi connectivity index (χ1) is 12.7. The Morgan fingerprint density at radius 2 is 2.12 bits per heavy atom. The number of furan rings is 1. The summed E-state index contributed by atoms with van der Waals surface area (Å²) in [5.41, 5.74) is 1.71. The summed E-state index contributed by atoms with van der Waals surface area (Å²) in [6.45, 7) is 1.24. The molecule has 0 aliphatic carbocycles. The second kappa shape index (κ2) is 7.35. The number of anilines is 2. The molecule has 134 valence electrons. The molecule has 1 aromatic carbocycles. The molecule has 3 aromatic rings. The van der Waals surface area contributed by atoms with Crippen LogP contribution in [-0.2, 0) is 4.74 Å². The number of benzene rings is 1. The van der Waals surface area contributed by atoms with Crippen LogP contribution in [0.3, 0.4) is 0 Å². The SMILES string of the molecule is O=C(NC[C@@H]1CCCO1)c1cc2occc2c(Nc2ccc(Cl)cc2)n1. The summed E-state index contributed by atoms with van der Waals surface area (Å²) in [7, 11) is 0. The molecular weight excluding hydrogens is 354 g/mol. The fourth-order valence-corrected chi connectivity index (χ4v) is 3.08. The molecule has 0 unspecified atom stereocenters. The molecule has 1 saturated heterocycles. The zero-order valence-corrected chi connectivity index (χ0v) is 14.8. The normalized spacial score (nSPS) is 16.7. The van der Waals surface area contributed by atoms with Crippen LogP contribution < -0.4 is 10.6 Å². The molecule has 2 aromatic heterocycles. The average Bonchev–Trinajstić information content (AvgIpc) is 3.33. The molecule has 1 amide bonds. The van der Waals surface area contributed by atoms with Crippen LogP contribution in [0.2, 0.25) is 5.02 Å². The van der Waals surface area contributed by atoms with Gasteiger partial charge in [-0.3, -0.25) is 4.79 Å². The van der Waals surface area contributed by atoms with Crippen LogP contribution in [0.5, 0.6) is 0 Å². The number of halogens is 1. The van der Waals surface area contributed by atoms with E-state index in [4.69, 9.17) is 20.8 Å². The van der Waals surface area contributed by atoms with Gasteiger partial charge in [0.15, 0.2) is 0 Å². The fraction of sp³-hybridized carbons (Fsp3) is 0.263. The quantitative estimate of drug-likeness (QED) is 0.705. The second-order valence-electron chi connectivity index (χ2n) is 6.17. The third kappa shape index (κ3) is 3.66. The highest BCUT2D eigenvalue weighted by Crippen LogP contribution is 2.27. The van der Waals surface area contributed by atoms with E-state index >= 15 is 0 Å². The maximum absolute atomic E-state index is 12.5. The first kappa shape index (κ1) is 16.9. The van der Waals surface area contributed by atoms with E-state index in [0.29, 0.717) is 28.7 Å². The number of carbonyl (C=O) groups is 1. The number of carbonyl (C=O) groups excluding carboxylic acids is 1. The molecular formula is C19H18ClN3O3. The minimum Gasteiger partial charge on any atom is -0.464 e. The van der Waals surface area contributed by atoms with Crippen LogP contribution in [0.1, 0.15) is 23.3 Å². The number of hydrogen-bond acceptors (Lipinski definition) is 5. The van der Waals surface area contributed by atoms with Gasteiger partial charge in [-0.25, -0.2) is 4.98 Å². The Morgan fingerprint density at radius 1 is 1.27 bits per heavy atom. The van der Waals surface area contributed by atoms with Crippen molar-refractivity contribution in [1.29, 1.82) is 0 Å². The number of pyridine rings is 1. The topological polar surface area (TPSA) is 76.4 Å². The maximum Gasteiger partial charge on any atom is 0.270 e. The lowest BCUT2D eigenvalue weighted by Gasteiger charge is -2.12. The smallest absolute Gasteiger partial charge is 0.270 e. The lowest BCUT2D eigenvalue weighted by Crippen LogP contribution is -2.32. The van der Waals surface area contributed by atoms with Crippen LogP contribution in [-0.4, -0.2) is 30.1 Å². The number of ether oxygens (including phenoxy) is 1. The molecule has 1 fully saturated rings. The molecule has 1 aliphatic rings. The van der Waals surface area contributed by atoms with Gasteiger partial charge < -0.3 is 19.8 Å². The van der Waals surface area contributed by atoms with Gasteiger partial charge in [0.25, 0.3) is 5.91 Å². The lowest BCUT2D eigenvalue weighted by atomic mass is 10.2. The fourth-order valence-electron chi connectivity index (χ4n) is 2.95. The average molecular weight is 372 g/mol. The molecule has 0 bridgehead atoms. The van der Waals surface area contributed by atoms with Crippen molar-refractivity contribution in [2.75, 3.05) is 18.5 Å². The third-order valence-corrected chi connectivity index (χ3v) is 4.56. The number of aromatic nitrogens is 1. The van der Waals surface area contributed by atoms with Gasteiger partial charge in [-0.2, -0.15) is 0 Å². The highest BCUT2D eigenvalue weighted by Gasteiger charge is 2.18. The van der Waals surface area contributed by atoms with Crippen molar-refractivity contribution >= 4 is 40.0 Å². The van der Waals surface area contributed by atoms with Crippen LogP contribution in [0.15, 0.2) is 47.1 Å². The van der Waals surface area contributed by atoms with Crippen LogP contribution in [0.25, 0.3) is 11.0 Å². The van der Waals surface area contributed by atoms with Crippen molar-refractivity contribution in [3.05, 3.63) is 53.4 Å². The largest absolute Gasteiger partial charge is 0.464 e. The Morgan fingerprint density at radius 3 is 2.88 bits per heavy atom. The van der Waals surface area contributed by atoms with Gasteiger partial charge in [0.1, 0.15) is 17.1 Å². The Kier molecular flexibility index (Phi) is 4.77. The highest BCUT2D eigenvalue weighted by atomic mass is 35.5. The molecule has 1 atom stereocenters. The molecule has 7 heteroatoms. The minimum absolute atomic E-state index is 0.0814. The second-order valence-corrected chi connectivity index (χ2v) is 6.60. The predicted molar refractivity (Wildman–Crippen MR) is 100 cm³/mol. The van der Waals surface area contributed by atoms with E-state index in [2.05, 4.69) is 15.6 Å². The van der Waals surface area contributed by atoms with Crippen molar-refractivity contribution in [2.45, 2.75) is 18.9 Å². The van der Waals surface area contributed by atoms with Crippen molar-refractivity contribution in [2.24, 2.45) is 0 Å². The van der Waals surface area contributed by atoms with E-state index in [9.17, 15) is 4.79 Å². The van der Waals surface area contributed by atoms with Crippen molar-refractivity contribution < 1.29 is 13.9 Å². The standard InChI is InChI=1S/C19H18ClN3O3/c20-12-3-5-13(6-4-12)22-18-15-7-9-26-17(15)10-16(23-18)19(24)21-11-14-2-1-8-25-14/h3-7,9-10,14H,1-2,8,11H2,(H,21,24)(H,22,23)/t14-/m0/s1. The van der Waals surface area contributed by atoms with E-state index in [0.717, 1.165) is 30.5 Å². The van der Waals surface area contributed by atoms with Crippen molar-refractivity contribution in [3.63, 3.8) is 0 Å².